The van der Waals surface area contributed by atoms with Crippen molar-refractivity contribution in [3.05, 3.63) is 65.5 Å². The molecular weight excluding hydrogens is 335 g/mol. The number of para-hydroxylation sites is 1. The zero-order valence-corrected chi connectivity index (χ0v) is 15.2. The van der Waals surface area contributed by atoms with Gasteiger partial charge in [-0.05, 0) is 31.5 Å². The minimum atomic E-state index is -0.757. The van der Waals surface area contributed by atoms with E-state index in [4.69, 9.17) is 4.74 Å². The normalized spacial score (nSPS) is 11.5. The van der Waals surface area contributed by atoms with Crippen LogP contribution in [0.3, 0.4) is 0 Å². The molecule has 0 unspecified atom stereocenters. The summed E-state index contributed by atoms with van der Waals surface area (Å²) in [7, 11) is 1.49. The molecule has 2 rings (SSSR count). The third-order valence-corrected chi connectivity index (χ3v) is 4.16. The van der Waals surface area contributed by atoms with Gasteiger partial charge in [0.25, 0.3) is 5.91 Å². The van der Waals surface area contributed by atoms with E-state index in [2.05, 4.69) is 5.32 Å². The van der Waals surface area contributed by atoms with E-state index in [1.165, 1.54) is 18.0 Å². The number of aryl methyl sites for hydroxylation is 1. The Morgan fingerprint density at radius 1 is 1.15 bits per heavy atom. The van der Waals surface area contributed by atoms with Gasteiger partial charge in [0.05, 0.1) is 0 Å². The molecule has 0 spiro atoms. The lowest BCUT2D eigenvalue weighted by atomic mass is 10.1. The van der Waals surface area contributed by atoms with Crippen LogP contribution in [0.5, 0.6) is 5.75 Å². The molecule has 0 radical (unpaired) electrons. The highest BCUT2D eigenvalue weighted by Crippen LogP contribution is 2.17. The van der Waals surface area contributed by atoms with Crippen molar-refractivity contribution in [1.29, 1.82) is 0 Å². The van der Waals surface area contributed by atoms with Crippen molar-refractivity contribution in [3.8, 4) is 5.75 Å². The summed E-state index contributed by atoms with van der Waals surface area (Å²) in [6, 6.07) is 12.8. The van der Waals surface area contributed by atoms with Crippen LogP contribution in [0.1, 0.15) is 18.1 Å². The lowest BCUT2D eigenvalue weighted by Crippen LogP contribution is -2.48. The third kappa shape index (κ3) is 4.81. The van der Waals surface area contributed by atoms with Gasteiger partial charge in [-0.25, -0.2) is 4.39 Å². The van der Waals surface area contributed by atoms with Gasteiger partial charge < -0.3 is 15.0 Å². The predicted octanol–water partition coefficient (Wildman–Crippen LogP) is 2.68. The van der Waals surface area contributed by atoms with E-state index in [1.54, 1.807) is 31.2 Å². The van der Waals surface area contributed by atoms with Gasteiger partial charge in [-0.15, -0.1) is 0 Å². The summed E-state index contributed by atoms with van der Waals surface area (Å²) < 4.78 is 19.6. The molecule has 2 aromatic carbocycles. The molecule has 5 nitrogen and oxygen atoms in total. The number of benzene rings is 2. The standard InChI is InChI=1S/C20H23FN2O3/c1-14-8-4-7-11-18(14)26-13-19(24)23(15(2)20(25)22-3)12-16-9-5-6-10-17(16)21/h4-11,15H,12-13H2,1-3H3,(H,22,25)/t15-/m0/s1. The molecule has 2 amide bonds. The lowest BCUT2D eigenvalue weighted by Gasteiger charge is -2.28. The fourth-order valence-corrected chi connectivity index (χ4v) is 2.54. The van der Waals surface area contributed by atoms with Crippen LogP contribution in [-0.2, 0) is 16.1 Å². The molecule has 0 saturated heterocycles. The summed E-state index contributed by atoms with van der Waals surface area (Å²) >= 11 is 0. The van der Waals surface area contributed by atoms with Gasteiger partial charge in [-0.2, -0.15) is 0 Å². The van der Waals surface area contributed by atoms with Crippen LogP contribution in [0.15, 0.2) is 48.5 Å². The van der Waals surface area contributed by atoms with Crippen molar-refractivity contribution in [3.63, 3.8) is 0 Å². The summed E-state index contributed by atoms with van der Waals surface area (Å²) in [6.07, 6.45) is 0. The van der Waals surface area contributed by atoms with Crippen LogP contribution >= 0.6 is 0 Å². The second-order valence-corrected chi connectivity index (χ2v) is 5.96. The molecule has 26 heavy (non-hydrogen) atoms. The number of nitrogens with one attached hydrogen (secondary N) is 1. The van der Waals surface area contributed by atoms with Crippen molar-refractivity contribution >= 4 is 11.8 Å². The summed E-state index contributed by atoms with van der Waals surface area (Å²) in [5.41, 5.74) is 1.24. The molecule has 0 saturated carbocycles. The lowest BCUT2D eigenvalue weighted by molar-refractivity contribution is -0.142. The van der Waals surface area contributed by atoms with E-state index >= 15 is 0 Å². The topological polar surface area (TPSA) is 58.6 Å². The quantitative estimate of drug-likeness (QED) is 0.828. The van der Waals surface area contributed by atoms with Gasteiger partial charge in [0, 0.05) is 19.2 Å². The number of carbonyl (C=O) groups is 2. The highest BCUT2D eigenvalue weighted by atomic mass is 19.1. The van der Waals surface area contributed by atoms with Crippen molar-refractivity contribution in [2.45, 2.75) is 26.4 Å². The maximum Gasteiger partial charge on any atom is 0.261 e. The Hall–Kier alpha value is -2.89. The summed E-state index contributed by atoms with van der Waals surface area (Å²) in [5, 5.41) is 2.52. The smallest absolute Gasteiger partial charge is 0.261 e. The summed E-state index contributed by atoms with van der Waals surface area (Å²) in [6.45, 7) is 3.23. The molecular formula is C20H23FN2O3. The monoisotopic (exact) mass is 358 g/mol. The number of halogens is 1. The molecule has 1 atom stereocenters. The van der Waals surface area contributed by atoms with Gasteiger partial charge in [0.2, 0.25) is 5.91 Å². The Kier molecular flexibility index (Phi) is 6.72. The molecule has 1 N–H and O–H groups in total. The molecule has 0 aliphatic carbocycles. The fraction of sp³-hybridized carbons (Fsp3) is 0.300. The van der Waals surface area contributed by atoms with Crippen LogP contribution < -0.4 is 10.1 Å². The Bertz CT molecular complexity index is 779. The zero-order valence-electron chi connectivity index (χ0n) is 15.2. The van der Waals surface area contributed by atoms with Crippen molar-refractivity contribution < 1.29 is 18.7 Å². The van der Waals surface area contributed by atoms with E-state index in [1.807, 2.05) is 25.1 Å². The molecule has 0 bridgehead atoms. The van der Waals surface area contributed by atoms with Crippen LogP contribution in [0.2, 0.25) is 0 Å². The fourth-order valence-electron chi connectivity index (χ4n) is 2.54. The van der Waals surface area contributed by atoms with Crippen molar-refractivity contribution in [1.82, 2.24) is 10.2 Å². The summed E-state index contributed by atoms with van der Waals surface area (Å²) in [4.78, 5) is 26.0. The SMILES string of the molecule is CNC(=O)[C@H](C)N(Cc1ccccc1F)C(=O)COc1ccccc1C. The minimum absolute atomic E-state index is 0.0166. The zero-order chi connectivity index (χ0) is 19.1. The number of amides is 2. The maximum atomic E-state index is 14.0. The second kappa shape index (κ2) is 8.99. The van der Waals surface area contributed by atoms with E-state index in [0.717, 1.165) is 5.56 Å². The van der Waals surface area contributed by atoms with Crippen LogP contribution in [0, 0.1) is 12.7 Å². The van der Waals surface area contributed by atoms with Gasteiger partial charge in [0.1, 0.15) is 17.6 Å². The number of ether oxygens (including phenoxy) is 1. The van der Waals surface area contributed by atoms with Crippen LogP contribution in [0.25, 0.3) is 0 Å². The average Bonchev–Trinajstić information content (AvgIpc) is 2.65. The maximum absolute atomic E-state index is 14.0. The van der Waals surface area contributed by atoms with E-state index in [0.29, 0.717) is 11.3 Å². The predicted molar refractivity (Wildman–Crippen MR) is 97.2 cm³/mol. The minimum Gasteiger partial charge on any atom is -0.484 e. The average molecular weight is 358 g/mol. The molecule has 0 aliphatic rings. The Morgan fingerprint density at radius 3 is 2.46 bits per heavy atom. The Morgan fingerprint density at radius 2 is 1.81 bits per heavy atom. The highest BCUT2D eigenvalue weighted by molar-refractivity contribution is 5.87. The molecule has 0 heterocycles. The largest absolute Gasteiger partial charge is 0.484 e. The molecule has 6 heteroatoms. The van der Waals surface area contributed by atoms with Gasteiger partial charge in [-0.3, -0.25) is 9.59 Å². The molecule has 0 aromatic heterocycles. The van der Waals surface area contributed by atoms with E-state index < -0.39 is 17.8 Å². The Balaban J connectivity index is 2.17. The number of hydrogen-bond acceptors (Lipinski definition) is 3. The number of nitrogens with zero attached hydrogens (tertiary/aromatic N) is 1. The van der Waals surface area contributed by atoms with Crippen molar-refractivity contribution in [2.24, 2.45) is 0 Å². The number of carbonyl (C=O) groups excluding carboxylic acids is 2. The van der Waals surface area contributed by atoms with E-state index in [-0.39, 0.29) is 19.1 Å². The van der Waals surface area contributed by atoms with Crippen LogP contribution in [-0.4, -0.2) is 36.4 Å². The first-order valence-electron chi connectivity index (χ1n) is 8.37. The molecule has 0 fully saturated rings. The first-order valence-corrected chi connectivity index (χ1v) is 8.37. The first-order chi connectivity index (χ1) is 12.4. The van der Waals surface area contributed by atoms with E-state index in [9.17, 15) is 14.0 Å². The second-order valence-electron chi connectivity index (χ2n) is 5.96. The molecule has 2 aromatic rings. The summed E-state index contributed by atoms with van der Waals surface area (Å²) in [5.74, 6) is -0.549. The van der Waals surface area contributed by atoms with Gasteiger partial charge >= 0.3 is 0 Å². The molecule has 0 aliphatic heterocycles. The van der Waals surface area contributed by atoms with Gasteiger partial charge in [0.15, 0.2) is 6.61 Å². The first kappa shape index (κ1) is 19.4. The van der Waals surface area contributed by atoms with Crippen LogP contribution in [0.4, 0.5) is 4.39 Å². The van der Waals surface area contributed by atoms with Gasteiger partial charge in [-0.1, -0.05) is 36.4 Å². The number of rotatable bonds is 7. The highest BCUT2D eigenvalue weighted by Gasteiger charge is 2.26. The Labute approximate surface area is 152 Å². The number of likely N-dealkylation sites (N-methyl/N-ethyl adjacent to an activating group) is 1. The molecule has 138 valence electrons. The number of hydrogen-bond donors (Lipinski definition) is 1. The van der Waals surface area contributed by atoms with Crippen molar-refractivity contribution in [2.75, 3.05) is 13.7 Å². The third-order valence-electron chi connectivity index (χ3n) is 4.16.